The van der Waals surface area contributed by atoms with Gasteiger partial charge in [-0.25, -0.2) is 29.0 Å². The lowest BCUT2D eigenvalue weighted by Crippen LogP contribution is -2.54. The largest absolute Gasteiger partial charge is 0.494 e. The van der Waals surface area contributed by atoms with E-state index in [1.165, 1.54) is 49.3 Å². The Morgan fingerprint density at radius 2 is 1.25 bits per heavy atom. The first-order valence-corrected chi connectivity index (χ1v) is 30.1. The van der Waals surface area contributed by atoms with Crippen LogP contribution in [0.2, 0.25) is 0 Å². The van der Waals surface area contributed by atoms with E-state index in [1.54, 1.807) is 12.1 Å². The summed E-state index contributed by atoms with van der Waals surface area (Å²) in [6, 6.07) is 21.5. The first-order valence-electron chi connectivity index (χ1n) is 29.3. The van der Waals surface area contributed by atoms with Crippen LogP contribution in [-0.4, -0.2) is 91.6 Å². The standard InChI is InChI=1S/C48H57NO10S.C17H16F4O8/c1-5-44(50)53-25-9-7-6-8-24-52-37-18-20-38(21-19-37)58-54-29-35-14-16-36(17-15-35)48(51)57-41-23-22-40(59-55-30-34-12-10-31(2)11-13-34)45-46(41)60-47(49-45)43-28-39-33(4)26-32(3)27-42(39)56-43;1-3-13(22)26-8-9-27-14(23)16(18,19)17(20,21)15(24)28-12-6-4-11(5-7-12)10(2)29-25/h5,18-23,26-28,31,34-36H,1,6-17,24-25,29-30H2,2-4H3;3-7,10,25H,1,8-9H2,2H3/t;10-/m.0/s1. The van der Waals surface area contributed by atoms with Gasteiger partial charge in [0.2, 0.25) is 0 Å². The Hall–Kier alpha value is -7.90. The van der Waals surface area contributed by atoms with Crippen molar-refractivity contribution < 1.29 is 104 Å². The number of unbranched alkanes of at least 4 members (excludes halogenated alkanes) is 3. The van der Waals surface area contributed by atoms with Crippen LogP contribution in [0.5, 0.6) is 28.7 Å². The normalized spacial score (nSPS) is 17.1. The summed E-state index contributed by atoms with van der Waals surface area (Å²) in [6.45, 7) is 14.7. The van der Waals surface area contributed by atoms with Crippen LogP contribution in [-0.2, 0) is 52.8 Å². The second-order valence-electron chi connectivity index (χ2n) is 21.8. The number of aromatic nitrogens is 1. The van der Waals surface area contributed by atoms with E-state index in [0.29, 0.717) is 89.0 Å². The van der Waals surface area contributed by atoms with Gasteiger partial charge >= 0.3 is 41.7 Å². The smallest absolute Gasteiger partial charge is 0.416 e. The number of aryl methyl sites for hydroxylation is 2. The van der Waals surface area contributed by atoms with Gasteiger partial charge in [-0.3, -0.25) is 10.1 Å². The number of ether oxygens (including phenoxy) is 6. The van der Waals surface area contributed by atoms with Crippen molar-refractivity contribution in [3.05, 3.63) is 121 Å². The van der Waals surface area contributed by atoms with Crippen LogP contribution in [0.25, 0.3) is 32.0 Å². The molecule has 4 aromatic carbocycles. The molecule has 2 fully saturated rings. The summed E-state index contributed by atoms with van der Waals surface area (Å²) >= 11 is 1.41. The Labute approximate surface area is 515 Å². The van der Waals surface area contributed by atoms with Crippen molar-refractivity contribution in [3.8, 4) is 39.5 Å². The van der Waals surface area contributed by atoms with E-state index >= 15 is 0 Å². The van der Waals surface area contributed by atoms with Crippen molar-refractivity contribution in [2.24, 2.45) is 23.7 Å². The molecular weight excluding hydrogens is 1190 g/mol. The number of alkyl halides is 4. The van der Waals surface area contributed by atoms with Crippen LogP contribution in [0.15, 0.2) is 109 Å². The fraction of sp³-hybridized carbons (Fsp3) is 0.446. The number of halogens is 4. The van der Waals surface area contributed by atoms with Gasteiger partial charge in [0, 0.05) is 17.5 Å². The zero-order valence-corrected chi connectivity index (χ0v) is 50.8. The molecule has 8 rings (SSSR count). The monoisotopic (exact) mass is 1260 g/mol. The molecular formula is C65H73F4NO18S. The minimum atomic E-state index is -5.55. The van der Waals surface area contributed by atoms with E-state index < -0.39 is 54.8 Å². The van der Waals surface area contributed by atoms with Gasteiger partial charge in [0.25, 0.3) is 0 Å². The van der Waals surface area contributed by atoms with Crippen LogP contribution in [0.3, 0.4) is 0 Å². The van der Waals surface area contributed by atoms with Gasteiger partial charge in [0.15, 0.2) is 28.0 Å². The maximum Gasteiger partial charge on any atom is 0.416 e. The summed E-state index contributed by atoms with van der Waals surface area (Å²) in [5.74, 6) is -14.4. The molecule has 2 aliphatic rings. The molecule has 0 amide bonds. The molecule has 0 saturated heterocycles. The number of thiazole rings is 1. The second-order valence-corrected chi connectivity index (χ2v) is 22.8. The van der Waals surface area contributed by atoms with E-state index in [-0.39, 0.29) is 23.8 Å². The molecule has 19 nitrogen and oxygen atoms in total. The van der Waals surface area contributed by atoms with E-state index in [0.717, 1.165) is 103 Å². The molecule has 0 aliphatic heterocycles. The Morgan fingerprint density at radius 1 is 0.674 bits per heavy atom. The van der Waals surface area contributed by atoms with Gasteiger partial charge < -0.3 is 42.6 Å². The Bertz CT molecular complexity index is 3330. The van der Waals surface area contributed by atoms with Crippen molar-refractivity contribution in [2.75, 3.05) is 39.6 Å². The fourth-order valence-corrected chi connectivity index (χ4v) is 10.7. The summed E-state index contributed by atoms with van der Waals surface area (Å²) in [4.78, 5) is 90.1. The molecule has 2 aliphatic carbocycles. The SMILES string of the molecule is C=CC(=O)OCCCCCCOc1ccc(OOCC2CCC(C(=O)Oc3ccc(OOCC4CCC(C)CC4)c4nc(-c5cc6c(C)cc(C)cc6o5)sc34)CC2)cc1.C=CC(=O)OCCOC(=O)C(F)(F)C(F)(F)C(=O)Oc1ccc([C@H](C)OO)cc1. The molecule has 1 N–H and O–H groups in total. The first kappa shape index (κ1) is 68.6. The third-order valence-corrected chi connectivity index (χ3v) is 16.1. The lowest BCUT2D eigenvalue weighted by molar-refractivity contribution is -0.277. The maximum atomic E-state index is 13.8. The van der Waals surface area contributed by atoms with E-state index in [9.17, 15) is 41.5 Å². The predicted molar refractivity (Wildman–Crippen MR) is 317 cm³/mol. The van der Waals surface area contributed by atoms with Crippen molar-refractivity contribution in [1.82, 2.24) is 4.98 Å². The van der Waals surface area contributed by atoms with Crippen LogP contribution in [0, 0.1) is 37.5 Å². The number of esters is 5. The number of carbonyl (C=O) groups excluding carboxylic acids is 5. The van der Waals surface area contributed by atoms with Gasteiger partial charge in [-0.15, -0.1) is 11.3 Å². The summed E-state index contributed by atoms with van der Waals surface area (Å²) in [7, 11) is 0. The summed E-state index contributed by atoms with van der Waals surface area (Å²) in [5.41, 5.74) is 4.02. The number of rotatable bonds is 30. The highest BCUT2D eigenvalue weighted by Gasteiger charge is 2.69. The van der Waals surface area contributed by atoms with Crippen molar-refractivity contribution in [2.45, 2.75) is 123 Å². The Kier molecular flexibility index (Phi) is 25.5. The topological polar surface area (TPSA) is 233 Å². The molecule has 0 radical (unpaired) electrons. The van der Waals surface area contributed by atoms with Crippen LogP contribution in [0.4, 0.5) is 17.6 Å². The molecule has 0 unspecified atom stereocenters. The summed E-state index contributed by atoms with van der Waals surface area (Å²) in [5, 5.41) is 10.2. The third-order valence-electron chi connectivity index (χ3n) is 15.0. The second kappa shape index (κ2) is 33.1. The zero-order valence-electron chi connectivity index (χ0n) is 49.9. The Balaban J connectivity index is 0.000000328. The number of benzene rings is 4. The van der Waals surface area contributed by atoms with Crippen molar-refractivity contribution in [3.63, 3.8) is 0 Å². The molecule has 2 aromatic heterocycles. The molecule has 2 heterocycles. The number of hydrogen-bond acceptors (Lipinski definition) is 20. The number of furan rings is 1. The molecule has 480 valence electrons. The van der Waals surface area contributed by atoms with Crippen molar-refractivity contribution in [1.29, 1.82) is 0 Å². The zero-order chi connectivity index (χ0) is 64.1. The third kappa shape index (κ3) is 19.5. The number of nitrogens with zero attached hydrogens (tertiary/aromatic N) is 1. The van der Waals surface area contributed by atoms with Gasteiger partial charge in [0.05, 0.1) is 32.3 Å². The highest BCUT2D eigenvalue weighted by atomic mass is 32.1. The van der Waals surface area contributed by atoms with Gasteiger partial charge in [-0.2, -0.15) is 27.3 Å². The lowest BCUT2D eigenvalue weighted by Gasteiger charge is -2.26. The average Bonchev–Trinajstić information content (AvgIpc) is 1.83. The van der Waals surface area contributed by atoms with Gasteiger partial charge in [-0.05, 0) is 180 Å². The number of carbonyl (C=O) groups is 5. The first-order chi connectivity index (χ1) is 42.7. The molecule has 0 spiro atoms. The van der Waals surface area contributed by atoms with E-state index in [2.05, 4.69) is 59.1 Å². The minimum Gasteiger partial charge on any atom is -0.494 e. The molecule has 24 heteroatoms. The van der Waals surface area contributed by atoms with Gasteiger partial charge in [0.1, 0.15) is 46.6 Å². The molecule has 89 heavy (non-hydrogen) atoms. The maximum absolute atomic E-state index is 13.8. The minimum absolute atomic E-state index is 0.224. The quantitative estimate of drug-likeness (QED) is 0.00645. The predicted octanol–water partition coefficient (Wildman–Crippen LogP) is 14.5. The lowest BCUT2D eigenvalue weighted by atomic mass is 9.82. The molecule has 2 saturated carbocycles. The van der Waals surface area contributed by atoms with Crippen LogP contribution >= 0.6 is 11.3 Å². The van der Waals surface area contributed by atoms with Crippen LogP contribution in [0.1, 0.15) is 114 Å². The highest BCUT2D eigenvalue weighted by Crippen LogP contribution is 2.44. The van der Waals surface area contributed by atoms with Crippen molar-refractivity contribution >= 4 is 62.4 Å². The Morgan fingerprint density at radius 3 is 1.90 bits per heavy atom. The summed E-state index contributed by atoms with van der Waals surface area (Å²) < 4.78 is 91.5. The molecule has 6 aromatic rings. The van der Waals surface area contributed by atoms with E-state index in [1.807, 2.05) is 36.4 Å². The highest BCUT2D eigenvalue weighted by molar-refractivity contribution is 7.22. The number of hydrogen-bond donors (Lipinski definition) is 1. The number of fused-ring (bicyclic) bond motifs is 2. The molecule has 1 atom stereocenters. The van der Waals surface area contributed by atoms with Crippen LogP contribution < -0.4 is 24.0 Å². The average molecular weight is 1260 g/mol. The summed E-state index contributed by atoms with van der Waals surface area (Å²) in [6.07, 6.45) is 12.6. The van der Waals surface area contributed by atoms with E-state index in [4.69, 9.17) is 48.4 Å². The molecule has 0 bridgehead atoms. The fourth-order valence-electron chi connectivity index (χ4n) is 9.74. The van der Waals surface area contributed by atoms with Gasteiger partial charge in [-0.1, -0.05) is 51.1 Å².